The van der Waals surface area contributed by atoms with E-state index in [1.807, 2.05) is 86.8 Å². The standard InChI is InChI=1S/C25H25N3O2S/c1-17-16-31-24(26-17)25(2,3)28-20(29)14-15-21-27-22(18-10-6-4-7-11-18)23(30-21)19-12-8-5-9-13-19/h4-13,16H,14-15H2,1-3H3,(H,28,29). The van der Waals surface area contributed by atoms with Gasteiger partial charge in [-0.05, 0) is 20.8 Å². The Bertz CT molecular complexity index is 1110. The highest BCUT2D eigenvalue weighted by Gasteiger charge is 2.26. The van der Waals surface area contributed by atoms with Crippen LogP contribution in [0, 0.1) is 6.92 Å². The van der Waals surface area contributed by atoms with Gasteiger partial charge in [0.15, 0.2) is 11.7 Å². The number of oxazole rings is 1. The molecule has 4 aromatic rings. The fraction of sp³-hybridized carbons (Fsp3) is 0.240. The molecule has 2 aromatic heterocycles. The van der Waals surface area contributed by atoms with Crippen LogP contribution in [0.5, 0.6) is 0 Å². The predicted octanol–water partition coefficient (Wildman–Crippen LogP) is 5.76. The summed E-state index contributed by atoms with van der Waals surface area (Å²) in [6, 6.07) is 19.9. The van der Waals surface area contributed by atoms with E-state index in [0.717, 1.165) is 33.3 Å². The van der Waals surface area contributed by atoms with Gasteiger partial charge in [0.25, 0.3) is 0 Å². The van der Waals surface area contributed by atoms with E-state index < -0.39 is 5.54 Å². The van der Waals surface area contributed by atoms with Crippen molar-refractivity contribution >= 4 is 17.2 Å². The molecule has 0 aliphatic carbocycles. The molecule has 2 aromatic carbocycles. The molecule has 0 saturated carbocycles. The topological polar surface area (TPSA) is 68.0 Å². The number of thiazole rings is 1. The van der Waals surface area contributed by atoms with Gasteiger partial charge in [-0.3, -0.25) is 4.79 Å². The summed E-state index contributed by atoms with van der Waals surface area (Å²) in [4.78, 5) is 21.9. The number of rotatable bonds is 7. The molecule has 0 spiro atoms. The molecule has 4 rings (SSSR count). The lowest BCUT2D eigenvalue weighted by molar-refractivity contribution is -0.122. The van der Waals surface area contributed by atoms with Crippen LogP contribution in [0.15, 0.2) is 70.5 Å². The summed E-state index contributed by atoms with van der Waals surface area (Å²) >= 11 is 1.56. The molecule has 0 aliphatic heterocycles. The lowest BCUT2D eigenvalue weighted by atomic mass is 10.1. The minimum absolute atomic E-state index is 0.0569. The number of hydrogen-bond acceptors (Lipinski definition) is 5. The third-order valence-corrected chi connectivity index (χ3v) is 6.21. The Balaban J connectivity index is 1.51. The number of carbonyl (C=O) groups is 1. The zero-order valence-electron chi connectivity index (χ0n) is 17.9. The second kappa shape index (κ2) is 8.86. The molecule has 31 heavy (non-hydrogen) atoms. The highest BCUT2D eigenvalue weighted by molar-refractivity contribution is 7.09. The van der Waals surface area contributed by atoms with Gasteiger partial charge in [0.1, 0.15) is 10.7 Å². The molecule has 5 nitrogen and oxygen atoms in total. The number of benzene rings is 2. The van der Waals surface area contributed by atoms with Crippen LogP contribution < -0.4 is 5.32 Å². The Kier molecular flexibility index (Phi) is 6.00. The van der Waals surface area contributed by atoms with Crippen LogP contribution in [-0.2, 0) is 16.8 Å². The van der Waals surface area contributed by atoms with Crippen molar-refractivity contribution < 1.29 is 9.21 Å². The molecular formula is C25H25N3O2S. The Morgan fingerprint density at radius 3 is 2.26 bits per heavy atom. The van der Waals surface area contributed by atoms with Gasteiger partial charge in [-0.1, -0.05) is 60.7 Å². The van der Waals surface area contributed by atoms with Gasteiger partial charge in [0.05, 0.1) is 5.54 Å². The molecule has 1 N–H and O–H groups in total. The lowest BCUT2D eigenvalue weighted by Gasteiger charge is -2.23. The Hall–Kier alpha value is -3.25. The maximum Gasteiger partial charge on any atom is 0.221 e. The van der Waals surface area contributed by atoms with Gasteiger partial charge in [-0.15, -0.1) is 11.3 Å². The van der Waals surface area contributed by atoms with E-state index >= 15 is 0 Å². The minimum Gasteiger partial charge on any atom is -0.440 e. The van der Waals surface area contributed by atoms with Crippen LogP contribution in [0.25, 0.3) is 22.6 Å². The number of aromatic nitrogens is 2. The van der Waals surface area contributed by atoms with Crippen molar-refractivity contribution in [3.63, 3.8) is 0 Å². The summed E-state index contributed by atoms with van der Waals surface area (Å²) < 4.78 is 6.12. The molecule has 0 saturated heterocycles. The zero-order chi connectivity index (χ0) is 21.8. The summed E-state index contributed by atoms with van der Waals surface area (Å²) in [7, 11) is 0. The van der Waals surface area contributed by atoms with Crippen LogP contribution in [0.1, 0.15) is 36.9 Å². The monoisotopic (exact) mass is 431 g/mol. The lowest BCUT2D eigenvalue weighted by Crippen LogP contribution is -2.41. The number of carbonyl (C=O) groups excluding carboxylic acids is 1. The van der Waals surface area contributed by atoms with Crippen molar-refractivity contribution in [1.82, 2.24) is 15.3 Å². The van der Waals surface area contributed by atoms with E-state index in [9.17, 15) is 4.79 Å². The van der Waals surface area contributed by atoms with Crippen LogP contribution in [0.4, 0.5) is 0 Å². The quantitative estimate of drug-likeness (QED) is 0.404. The summed E-state index contributed by atoms with van der Waals surface area (Å²) in [5, 5.41) is 5.97. The summed E-state index contributed by atoms with van der Waals surface area (Å²) in [5.74, 6) is 1.22. The Morgan fingerprint density at radius 1 is 1.00 bits per heavy atom. The second-order valence-electron chi connectivity index (χ2n) is 7.98. The Morgan fingerprint density at radius 2 is 1.65 bits per heavy atom. The normalized spacial score (nSPS) is 11.5. The maximum absolute atomic E-state index is 12.6. The van der Waals surface area contributed by atoms with Gasteiger partial charge < -0.3 is 9.73 Å². The third-order valence-electron chi connectivity index (χ3n) is 4.93. The summed E-state index contributed by atoms with van der Waals surface area (Å²) in [6.45, 7) is 5.89. The van der Waals surface area contributed by atoms with Crippen LogP contribution in [0.2, 0.25) is 0 Å². The zero-order valence-corrected chi connectivity index (χ0v) is 18.7. The average molecular weight is 432 g/mol. The first-order valence-corrected chi connectivity index (χ1v) is 11.1. The summed E-state index contributed by atoms with van der Waals surface area (Å²) in [5.41, 5.74) is 3.19. The minimum atomic E-state index is -0.517. The largest absolute Gasteiger partial charge is 0.440 e. The fourth-order valence-electron chi connectivity index (χ4n) is 3.37. The SMILES string of the molecule is Cc1csc(C(C)(C)NC(=O)CCc2nc(-c3ccccc3)c(-c3ccccc3)o2)n1. The molecule has 0 fully saturated rings. The number of nitrogens with one attached hydrogen (secondary N) is 1. The molecule has 158 valence electrons. The van der Waals surface area contributed by atoms with E-state index in [0.29, 0.717) is 12.3 Å². The first-order valence-electron chi connectivity index (χ1n) is 10.3. The summed E-state index contributed by atoms with van der Waals surface area (Å²) in [6.07, 6.45) is 0.711. The van der Waals surface area contributed by atoms with E-state index in [2.05, 4.69) is 10.3 Å². The molecule has 0 aliphatic rings. The molecule has 0 atom stereocenters. The second-order valence-corrected chi connectivity index (χ2v) is 8.84. The van der Waals surface area contributed by atoms with Gasteiger partial charge in [0, 0.05) is 35.0 Å². The average Bonchev–Trinajstić information content (AvgIpc) is 3.40. The molecule has 0 bridgehead atoms. The molecule has 6 heteroatoms. The van der Waals surface area contributed by atoms with Crippen molar-refractivity contribution in [2.24, 2.45) is 0 Å². The van der Waals surface area contributed by atoms with Crippen molar-refractivity contribution in [3.8, 4) is 22.6 Å². The van der Waals surface area contributed by atoms with Crippen molar-refractivity contribution in [2.75, 3.05) is 0 Å². The van der Waals surface area contributed by atoms with E-state index in [1.165, 1.54) is 0 Å². The highest BCUT2D eigenvalue weighted by atomic mass is 32.1. The van der Waals surface area contributed by atoms with Gasteiger partial charge >= 0.3 is 0 Å². The fourth-order valence-corrected chi connectivity index (χ4v) is 4.25. The molecule has 0 radical (unpaired) electrons. The molecule has 2 heterocycles. The molecule has 1 amide bonds. The Labute approximate surface area is 186 Å². The van der Waals surface area contributed by atoms with Crippen molar-refractivity contribution in [1.29, 1.82) is 0 Å². The number of hydrogen-bond donors (Lipinski definition) is 1. The number of nitrogens with zero attached hydrogens (tertiary/aromatic N) is 2. The van der Waals surface area contributed by atoms with Crippen LogP contribution in [-0.4, -0.2) is 15.9 Å². The first kappa shape index (κ1) is 21.0. The first-order chi connectivity index (χ1) is 14.9. The maximum atomic E-state index is 12.6. The van der Waals surface area contributed by atoms with Crippen molar-refractivity contribution in [3.05, 3.63) is 82.6 Å². The smallest absolute Gasteiger partial charge is 0.221 e. The van der Waals surface area contributed by atoms with E-state index in [1.54, 1.807) is 11.3 Å². The van der Waals surface area contributed by atoms with E-state index in [4.69, 9.17) is 9.40 Å². The highest BCUT2D eigenvalue weighted by Crippen LogP contribution is 2.33. The van der Waals surface area contributed by atoms with Crippen molar-refractivity contribution in [2.45, 2.75) is 39.2 Å². The predicted molar refractivity (Wildman–Crippen MR) is 124 cm³/mol. The van der Waals surface area contributed by atoms with Crippen LogP contribution in [0.3, 0.4) is 0 Å². The van der Waals surface area contributed by atoms with Crippen LogP contribution >= 0.6 is 11.3 Å². The molecule has 0 unspecified atom stereocenters. The third kappa shape index (κ3) is 4.91. The van der Waals surface area contributed by atoms with Gasteiger partial charge in [0.2, 0.25) is 5.91 Å². The van der Waals surface area contributed by atoms with E-state index in [-0.39, 0.29) is 12.3 Å². The van der Waals surface area contributed by atoms with Gasteiger partial charge in [-0.2, -0.15) is 0 Å². The number of amides is 1. The molecular weight excluding hydrogens is 406 g/mol. The number of aryl methyl sites for hydroxylation is 2. The van der Waals surface area contributed by atoms with Gasteiger partial charge in [-0.25, -0.2) is 9.97 Å².